The first kappa shape index (κ1) is 41.3. The predicted octanol–water partition coefficient (Wildman–Crippen LogP) is 10.6. The molecule has 1 unspecified atom stereocenters. The van der Waals surface area contributed by atoms with E-state index in [0.717, 1.165) is 57.8 Å². The predicted molar refractivity (Wildman–Crippen MR) is 186 cm³/mol. The minimum Gasteiger partial charge on any atom is -0.462 e. The molecule has 0 aliphatic carbocycles. The van der Waals surface area contributed by atoms with Crippen LogP contribution in [0.4, 0.5) is 0 Å². The Labute approximate surface area is 270 Å². The molecule has 0 fully saturated rings. The van der Waals surface area contributed by atoms with Gasteiger partial charge in [-0.15, -0.1) is 0 Å². The fourth-order valence-corrected chi connectivity index (χ4v) is 4.39. The van der Waals surface area contributed by atoms with Crippen LogP contribution in [0.1, 0.15) is 142 Å². The van der Waals surface area contributed by atoms with Gasteiger partial charge in [0.25, 0.3) is 0 Å². The second kappa shape index (κ2) is 34.8. The average Bonchev–Trinajstić information content (AvgIpc) is 3.02. The molecule has 0 bridgehead atoms. The highest BCUT2D eigenvalue weighted by Gasteiger charge is 2.15. The fraction of sp³-hybridized carbons (Fsp3) is 0.641. The van der Waals surface area contributed by atoms with Crippen LogP contribution >= 0.6 is 0 Å². The lowest BCUT2D eigenvalue weighted by Crippen LogP contribution is -2.28. The Hall–Kier alpha value is -2.66. The van der Waals surface area contributed by atoms with Gasteiger partial charge in [0.1, 0.15) is 6.61 Å². The van der Waals surface area contributed by atoms with Gasteiger partial charge in [-0.25, -0.2) is 0 Å². The van der Waals surface area contributed by atoms with Crippen molar-refractivity contribution in [2.24, 2.45) is 0 Å². The van der Waals surface area contributed by atoms with Crippen LogP contribution in [0.2, 0.25) is 0 Å². The summed E-state index contributed by atoms with van der Waals surface area (Å²) < 4.78 is 10.5. The number of ether oxygens (including phenoxy) is 2. The van der Waals surface area contributed by atoms with Gasteiger partial charge in [0.2, 0.25) is 0 Å². The topological polar surface area (TPSA) is 72.8 Å². The monoisotopic (exact) mass is 612 g/mol. The lowest BCUT2D eigenvalue weighted by atomic mass is 10.1. The Kier molecular flexibility index (Phi) is 32.7. The van der Waals surface area contributed by atoms with Gasteiger partial charge >= 0.3 is 11.9 Å². The molecule has 0 rings (SSSR count). The van der Waals surface area contributed by atoms with Crippen molar-refractivity contribution in [1.29, 1.82) is 0 Å². The summed E-state index contributed by atoms with van der Waals surface area (Å²) in [5.41, 5.74) is 0. The molecule has 5 heteroatoms. The molecular weight excluding hydrogens is 548 g/mol. The number of unbranched alkanes of at least 4 members (excludes halogenated alkanes) is 11. The van der Waals surface area contributed by atoms with E-state index < -0.39 is 12.1 Å². The maximum Gasteiger partial charge on any atom is 0.310 e. The van der Waals surface area contributed by atoms with Gasteiger partial charge in [0.05, 0.1) is 13.0 Å². The second-order valence-corrected chi connectivity index (χ2v) is 11.2. The van der Waals surface area contributed by atoms with Crippen molar-refractivity contribution in [3.63, 3.8) is 0 Å². The van der Waals surface area contributed by atoms with Gasteiger partial charge in [-0.2, -0.15) is 0 Å². The van der Waals surface area contributed by atoms with E-state index in [2.05, 4.69) is 74.6 Å². The molecule has 0 aliphatic heterocycles. The van der Waals surface area contributed by atoms with E-state index in [0.29, 0.717) is 6.42 Å². The van der Waals surface area contributed by atoms with Crippen LogP contribution < -0.4 is 0 Å². The van der Waals surface area contributed by atoms with Gasteiger partial charge in [0.15, 0.2) is 6.10 Å². The van der Waals surface area contributed by atoms with Crippen molar-refractivity contribution >= 4 is 11.9 Å². The van der Waals surface area contributed by atoms with Crippen molar-refractivity contribution in [3.05, 3.63) is 72.9 Å². The van der Waals surface area contributed by atoms with Gasteiger partial charge in [0, 0.05) is 6.42 Å². The molecule has 0 aromatic carbocycles. The molecule has 0 aliphatic rings. The normalized spacial score (nSPS) is 13.1. The minimum atomic E-state index is -0.830. The third-order valence-electron chi connectivity index (χ3n) is 7.02. The maximum atomic E-state index is 12.1. The summed E-state index contributed by atoms with van der Waals surface area (Å²) in [7, 11) is 0. The summed E-state index contributed by atoms with van der Waals surface area (Å²) in [6.45, 7) is 3.90. The van der Waals surface area contributed by atoms with Crippen molar-refractivity contribution in [3.8, 4) is 0 Å². The molecule has 250 valence electrons. The smallest absolute Gasteiger partial charge is 0.310 e. The van der Waals surface area contributed by atoms with E-state index >= 15 is 0 Å². The van der Waals surface area contributed by atoms with E-state index in [-0.39, 0.29) is 25.6 Å². The molecular formula is C39H64O5. The molecule has 0 saturated heterocycles. The number of hydrogen-bond donors (Lipinski definition) is 1. The zero-order chi connectivity index (χ0) is 32.2. The van der Waals surface area contributed by atoms with E-state index in [4.69, 9.17) is 9.47 Å². The Bertz CT molecular complexity index is 833. The fourth-order valence-electron chi connectivity index (χ4n) is 4.39. The number of rotatable bonds is 30. The summed E-state index contributed by atoms with van der Waals surface area (Å²) in [5, 5.41) is 9.50. The standard InChI is InChI=1S/C39H64O5/c1-3-5-7-9-11-13-15-17-19-21-23-25-27-29-31-33-38(41)43-36-37(35-40)44-39(42)34-32-30-28-26-24-22-20-18-16-14-12-10-8-6-4-2/h6,8,12,14,17-20,24,26,30,32,37,40H,3-5,7,9-11,13,15-16,21-23,25,27-29,31,33-36H2,1-2H3/b8-6-,14-12-,19-17-,20-18-,26-24-,32-30-. The Morgan fingerprint density at radius 3 is 1.57 bits per heavy atom. The third kappa shape index (κ3) is 32.3. The largest absolute Gasteiger partial charge is 0.462 e. The van der Waals surface area contributed by atoms with Gasteiger partial charge in [-0.1, -0.05) is 138 Å². The molecule has 1 atom stereocenters. The number of carbonyl (C=O) groups is 2. The first-order valence-corrected chi connectivity index (χ1v) is 17.5. The van der Waals surface area contributed by atoms with E-state index in [1.807, 2.05) is 6.08 Å². The lowest BCUT2D eigenvalue weighted by Gasteiger charge is -2.15. The molecule has 0 aromatic rings. The van der Waals surface area contributed by atoms with Crippen LogP contribution in [-0.2, 0) is 19.1 Å². The first-order chi connectivity index (χ1) is 21.6. The first-order valence-electron chi connectivity index (χ1n) is 17.5. The van der Waals surface area contributed by atoms with Crippen LogP contribution in [0.15, 0.2) is 72.9 Å². The third-order valence-corrected chi connectivity index (χ3v) is 7.02. The van der Waals surface area contributed by atoms with Gasteiger partial charge in [-0.3, -0.25) is 9.59 Å². The molecule has 44 heavy (non-hydrogen) atoms. The molecule has 0 aromatic heterocycles. The molecule has 0 heterocycles. The number of hydrogen-bond acceptors (Lipinski definition) is 5. The Balaban J connectivity index is 3.75. The van der Waals surface area contributed by atoms with E-state index in [1.54, 1.807) is 6.08 Å². The van der Waals surface area contributed by atoms with Crippen molar-refractivity contribution in [2.75, 3.05) is 13.2 Å². The van der Waals surface area contributed by atoms with E-state index in [1.165, 1.54) is 57.8 Å². The molecule has 0 amide bonds. The number of aliphatic hydroxyl groups excluding tert-OH is 1. The van der Waals surface area contributed by atoms with Gasteiger partial charge in [-0.05, 0) is 64.2 Å². The van der Waals surface area contributed by atoms with Crippen molar-refractivity contribution in [2.45, 2.75) is 148 Å². The SMILES string of the molecule is CC/C=C\C/C=C\C/C=C\C/C=C\C/C=C\CC(=O)OC(CO)COC(=O)CCCCCCC/C=C\CCCCCCCC. The highest BCUT2D eigenvalue weighted by atomic mass is 16.6. The number of carbonyl (C=O) groups excluding carboxylic acids is 2. The summed E-state index contributed by atoms with van der Waals surface area (Å²) in [6.07, 6.45) is 45.5. The van der Waals surface area contributed by atoms with E-state index in [9.17, 15) is 14.7 Å². The average molecular weight is 613 g/mol. The number of aliphatic hydroxyl groups is 1. The van der Waals surface area contributed by atoms with Gasteiger partial charge < -0.3 is 14.6 Å². The highest BCUT2D eigenvalue weighted by molar-refractivity contribution is 5.71. The summed E-state index contributed by atoms with van der Waals surface area (Å²) in [4.78, 5) is 24.1. The molecule has 0 saturated carbocycles. The van der Waals surface area contributed by atoms with Crippen LogP contribution in [0.5, 0.6) is 0 Å². The van der Waals surface area contributed by atoms with Crippen LogP contribution in [0.25, 0.3) is 0 Å². The molecule has 5 nitrogen and oxygen atoms in total. The zero-order valence-corrected chi connectivity index (χ0v) is 28.1. The zero-order valence-electron chi connectivity index (χ0n) is 28.1. The molecule has 0 radical (unpaired) electrons. The van der Waals surface area contributed by atoms with Crippen LogP contribution in [0, 0.1) is 0 Å². The van der Waals surface area contributed by atoms with Crippen molar-refractivity contribution in [1.82, 2.24) is 0 Å². The minimum absolute atomic E-state index is 0.113. The lowest BCUT2D eigenvalue weighted by molar-refractivity contribution is -0.160. The number of allylic oxidation sites excluding steroid dienone is 11. The summed E-state index contributed by atoms with van der Waals surface area (Å²) >= 11 is 0. The Morgan fingerprint density at radius 1 is 0.568 bits per heavy atom. The summed E-state index contributed by atoms with van der Waals surface area (Å²) in [5.74, 6) is -0.756. The highest BCUT2D eigenvalue weighted by Crippen LogP contribution is 2.10. The second-order valence-electron chi connectivity index (χ2n) is 11.2. The maximum absolute atomic E-state index is 12.1. The van der Waals surface area contributed by atoms with Crippen molar-refractivity contribution < 1.29 is 24.2 Å². The molecule has 1 N–H and O–H groups in total. The van der Waals surface area contributed by atoms with Crippen LogP contribution in [0.3, 0.4) is 0 Å². The number of esters is 2. The van der Waals surface area contributed by atoms with Crippen LogP contribution in [-0.4, -0.2) is 36.4 Å². The summed E-state index contributed by atoms with van der Waals surface area (Å²) in [6, 6.07) is 0. The molecule has 0 spiro atoms. The quantitative estimate of drug-likeness (QED) is 0.0496. The Morgan fingerprint density at radius 2 is 1.05 bits per heavy atom.